The van der Waals surface area contributed by atoms with Gasteiger partial charge in [-0.15, -0.1) is 0 Å². The second-order valence-corrected chi connectivity index (χ2v) is 7.68. The van der Waals surface area contributed by atoms with E-state index in [0.29, 0.717) is 17.4 Å². The van der Waals surface area contributed by atoms with Gasteiger partial charge in [0.25, 0.3) is 0 Å². The molecule has 6 heteroatoms. The molecule has 5 nitrogen and oxygen atoms in total. The number of urea groups is 1. The van der Waals surface area contributed by atoms with E-state index in [2.05, 4.69) is 27.3 Å². The zero-order valence-corrected chi connectivity index (χ0v) is 15.1. The number of hydrogen-bond donors (Lipinski definition) is 2. The lowest BCUT2D eigenvalue weighted by Gasteiger charge is -2.35. The Bertz CT molecular complexity index is 541. The lowest BCUT2D eigenvalue weighted by atomic mass is 9.95. The van der Waals surface area contributed by atoms with Crippen LogP contribution in [0.3, 0.4) is 0 Å². The largest absolute Gasteiger partial charge is 0.495 e. The third-order valence-corrected chi connectivity index (χ3v) is 6.12. The average molecular weight is 350 g/mol. The maximum atomic E-state index is 12.1. The van der Waals surface area contributed by atoms with Gasteiger partial charge in [-0.3, -0.25) is 4.90 Å². The highest BCUT2D eigenvalue weighted by Crippen LogP contribution is 2.27. The van der Waals surface area contributed by atoms with Crippen molar-refractivity contribution in [2.75, 3.05) is 43.6 Å². The molecular formula is C18H27N3O2S. The fourth-order valence-electron chi connectivity index (χ4n) is 3.48. The number of rotatable bonds is 5. The van der Waals surface area contributed by atoms with E-state index >= 15 is 0 Å². The second-order valence-electron chi connectivity index (χ2n) is 6.53. The average Bonchev–Trinajstić information content (AvgIpc) is 3.15. The molecule has 0 radical (unpaired) electrons. The number of hydrogen-bond acceptors (Lipinski definition) is 4. The highest BCUT2D eigenvalue weighted by Gasteiger charge is 2.27. The number of nitrogens with zero attached hydrogens (tertiary/aromatic N) is 1. The quantitative estimate of drug-likeness (QED) is 0.858. The van der Waals surface area contributed by atoms with E-state index in [1.165, 1.54) is 43.9 Å². The molecular weight excluding hydrogens is 322 g/mol. The Labute approximate surface area is 148 Å². The molecule has 2 amide bonds. The van der Waals surface area contributed by atoms with Crippen LogP contribution in [0.4, 0.5) is 10.5 Å². The van der Waals surface area contributed by atoms with Crippen LogP contribution in [0.2, 0.25) is 0 Å². The number of benzene rings is 1. The molecule has 1 aromatic rings. The highest BCUT2D eigenvalue weighted by atomic mass is 32.2. The second kappa shape index (κ2) is 8.62. The fourth-order valence-corrected chi connectivity index (χ4v) is 4.74. The molecule has 24 heavy (non-hydrogen) atoms. The summed E-state index contributed by atoms with van der Waals surface area (Å²) >= 11 is 2.08. The molecule has 2 aliphatic rings. The zero-order valence-electron chi connectivity index (χ0n) is 14.3. The summed E-state index contributed by atoms with van der Waals surface area (Å²) in [6.07, 6.45) is 3.70. The minimum atomic E-state index is -0.158. The van der Waals surface area contributed by atoms with E-state index in [9.17, 15) is 4.79 Å². The lowest BCUT2D eigenvalue weighted by molar-refractivity contribution is 0.143. The summed E-state index contributed by atoms with van der Waals surface area (Å²) in [6, 6.07) is 8.09. The minimum absolute atomic E-state index is 0.158. The number of nitrogens with one attached hydrogen (secondary N) is 2. The number of likely N-dealkylation sites (tertiary alicyclic amines) is 1. The first-order chi connectivity index (χ1) is 11.8. The van der Waals surface area contributed by atoms with E-state index in [4.69, 9.17) is 4.74 Å². The molecule has 2 N–H and O–H groups in total. The molecule has 1 aromatic carbocycles. The molecule has 132 valence electrons. The van der Waals surface area contributed by atoms with Crippen molar-refractivity contribution in [3.63, 3.8) is 0 Å². The molecule has 2 saturated heterocycles. The third-order valence-electron chi connectivity index (χ3n) is 4.98. The first-order valence-corrected chi connectivity index (χ1v) is 9.91. The van der Waals surface area contributed by atoms with Gasteiger partial charge in [-0.25, -0.2) is 4.79 Å². The first-order valence-electron chi connectivity index (χ1n) is 8.76. The number of carbonyl (C=O) groups excluding carboxylic acids is 1. The molecule has 0 spiro atoms. The molecule has 0 aromatic heterocycles. The fraction of sp³-hybridized carbons (Fsp3) is 0.611. The van der Waals surface area contributed by atoms with Crippen molar-refractivity contribution in [1.29, 1.82) is 0 Å². The Kier molecular flexibility index (Phi) is 6.26. The smallest absolute Gasteiger partial charge is 0.319 e. The Morgan fingerprint density at radius 2 is 2.08 bits per heavy atom. The Morgan fingerprint density at radius 3 is 2.79 bits per heavy atom. The van der Waals surface area contributed by atoms with Crippen LogP contribution in [-0.4, -0.2) is 55.2 Å². The predicted octanol–water partition coefficient (Wildman–Crippen LogP) is 3.03. The van der Waals surface area contributed by atoms with Crippen LogP contribution in [0, 0.1) is 5.92 Å². The van der Waals surface area contributed by atoms with Crippen LogP contribution in [-0.2, 0) is 0 Å². The first kappa shape index (κ1) is 17.4. The summed E-state index contributed by atoms with van der Waals surface area (Å²) in [5.74, 6) is 3.87. The van der Waals surface area contributed by atoms with Crippen molar-refractivity contribution in [2.24, 2.45) is 5.92 Å². The summed E-state index contributed by atoms with van der Waals surface area (Å²) in [5, 5.41) is 5.87. The summed E-state index contributed by atoms with van der Waals surface area (Å²) in [5.41, 5.74) is 0.700. The SMILES string of the molecule is COc1ccccc1NC(=O)NCC1CCN([C@@H]2CCSC2)CC1. The van der Waals surface area contributed by atoms with Crippen molar-refractivity contribution < 1.29 is 9.53 Å². The number of anilines is 1. The van der Waals surface area contributed by atoms with Crippen molar-refractivity contribution in [3.8, 4) is 5.75 Å². The van der Waals surface area contributed by atoms with Gasteiger partial charge in [-0.2, -0.15) is 11.8 Å². The monoisotopic (exact) mass is 349 g/mol. The van der Waals surface area contributed by atoms with Gasteiger partial charge in [-0.05, 0) is 56.2 Å². The van der Waals surface area contributed by atoms with Crippen LogP contribution in [0.1, 0.15) is 19.3 Å². The summed E-state index contributed by atoms with van der Waals surface area (Å²) in [4.78, 5) is 14.8. The Balaban J connectivity index is 1.39. The number of ether oxygens (including phenoxy) is 1. The van der Waals surface area contributed by atoms with Crippen LogP contribution in [0.25, 0.3) is 0 Å². The Hall–Kier alpha value is -1.40. The summed E-state index contributed by atoms with van der Waals surface area (Å²) in [6.45, 7) is 3.09. The van der Waals surface area contributed by atoms with Crippen LogP contribution in [0.15, 0.2) is 24.3 Å². The van der Waals surface area contributed by atoms with Crippen molar-refractivity contribution in [1.82, 2.24) is 10.2 Å². The topological polar surface area (TPSA) is 53.6 Å². The number of carbonyl (C=O) groups is 1. The van der Waals surface area contributed by atoms with Gasteiger partial charge in [0, 0.05) is 18.3 Å². The van der Waals surface area contributed by atoms with Crippen molar-refractivity contribution in [3.05, 3.63) is 24.3 Å². The summed E-state index contributed by atoms with van der Waals surface area (Å²) < 4.78 is 5.25. The maximum absolute atomic E-state index is 12.1. The number of piperidine rings is 1. The van der Waals surface area contributed by atoms with Gasteiger partial charge in [0.15, 0.2) is 0 Å². The van der Waals surface area contributed by atoms with Crippen molar-refractivity contribution >= 4 is 23.5 Å². The van der Waals surface area contributed by atoms with E-state index < -0.39 is 0 Å². The minimum Gasteiger partial charge on any atom is -0.495 e. The third kappa shape index (κ3) is 4.57. The molecule has 2 heterocycles. The normalized spacial score (nSPS) is 22.3. The number of amides is 2. The van der Waals surface area contributed by atoms with Crippen LogP contribution >= 0.6 is 11.8 Å². The molecule has 2 aliphatic heterocycles. The zero-order chi connectivity index (χ0) is 16.8. The standard InChI is InChI=1S/C18H27N3O2S/c1-23-17-5-3-2-4-16(17)20-18(22)19-12-14-6-9-21(10-7-14)15-8-11-24-13-15/h2-5,14-15H,6-13H2,1H3,(H2,19,20,22)/t15-/m1/s1. The molecule has 2 fully saturated rings. The molecule has 0 saturated carbocycles. The van der Waals surface area contributed by atoms with Gasteiger partial charge in [-0.1, -0.05) is 12.1 Å². The Morgan fingerprint density at radius 1 is 1.29 bits per heavy atom. The van der Waals surface area contributed by atoms with Gasteiger partial charge in [0.05, 0.1) is 12.8 Å². The van der Waals surface area contributed by atoms with E-state index in [1.54, 1.807) is 7.11 Å². The van der Waals surface area contributed by atoms with Gasteiger partial charge in [0.2, 0.25) is 0 Å². The maximum Gasteiger partial charge on any atom is 0.319 e. The molecule has 0 bridgehead atoms. The molecule has 3 rings (SSSR count). The number of para-hydroxylation sites is 2. The van der Waals surface area contributed by atoms with Crippen LogP contribution in [0.5, 0.6) is 5.75 Å². The van der Waals surface area contributed by atoms with E-state index in [0.717, 1.165) is 12.6 Å². The van der Waals surface area contributed by atoms with Crippen LogP contribution < -0.4 is 15.4 Å². The number of thioether (sulfide) groups is 1. The lowest BCUT2D eigenvalue weighted by Crippen LogP contribution is -2.44. The predicted molar refractivity (Wildman–Crippen MR) is 100 cm³/mol. The van der Waals surface area contributed by atoms with Gasteiger partial charge < -0.3 is 15.4 Å². The van der Waals surface area contributed by atoms with Gasteiger partial charge in [0.1, 0.15) is 5.75 Å². The molecule has 0 aliphatic carbocycles. The molecule has 1 atom stereocenters. The summed E-state index contributed by atoms with van der Waals surface area (Å²) in [7, 11) is 1.61. The number of methoxy groups -OCH3 is 1. The van der Waals surface area contributed by atoms with E-state index in [-0.39, 0.29) is 6.03 Å². The van der Waals surface area contributed by atoms with Gasteiger partial charge >= 0.3 is 6.03 Å². The van der Waals surface area contributed by atoms with Crippen molar-refractivity contribution in [2.45, 2.75) is 25.3 Å². The highest BCUT2D eigenvalue weighted by molar-refractivity contribution is 7.99. The molecule has 0 unspecified atom stereocenters. The van der Waals surface area contributed by atoms with E-state index in [1.807, 2.05) is 24.3 Å².